The van der Waals surface area contributed by atoms with Crippen LogP contribution in [0.5, 0.6) is 0 Å². The lowest BCUT2D eigenvalue weighted by Gasteiger charge is -2.28. The van der Waals surface area contributed by atoms with Gasteiger partial charge in [-0.25, -0.2) is 4.79 Å². The summed E-state index contributed by atoms with van der Waals surface area (Å²) in [5.74, 6) is -2.76. The molecule has 4 atom stereocenters. The Morgan fingerprint density at radius 1 is 1.06 bits per heavy atom. The maximum absolute atomic E-state index is 12.7. The van der Waals surface area contributed by atoms with Gasteiger partial charge in [-0.2, -0.15) is 25.3 Å². The third-order valence-corrected chi connectivity index (χ3v) is 5.80. The van der Waals surface area contributed by atoms with Gasteiger partial charge in [-0.3, -0.25) is 14.4 Å². The van der Waals surface area contributed by atoms with E-state index in [0.29, 0.717) is 25.8 Å². The average Bonchev–Trinajstić information content (AvgIpc) is 3.26. The number of carbonyl (C=O) groups is 4. The Bertz CT molecular complexity index is 795. The number of rotatable bonds is 10. The molecule has 11 heteroatoms. The van der Waals surface area contributed by atoms with E-state index in [4.69, 9.17) is 5.73 Å². The van der Waals surface area contributed by atoms with Gasteiger partial charge in [0.1, 0.15) is 18.1 Å². The Labute approximate surface area is 191 Å². The molecule has 0 aromatic heterocycles. The number of hydrogen-bond acceptors (Lipinski definition) is 7. The molecule has 2 rings (SSSR count). The lowest BCUT2D eigenvalue weighted by molar-refractivity contribution is -0.149. The molecule has 1 aliphatic rings. The summed E-state index contributed by atoms with van der Waals surface area (Å²) in [6.07, 6.45) is 1.24. The van der Waals surface area contributed by atoms with Gasteiger partial charge in [-0.15, -0.1) is 0 Å². The zero-order valence-corrected chi connectivity index (χ0v) is 18.7. The molecular weight excluding hydrogens is 440 g/mol. The summed E-state index contributed by atoms with van der Waals surface area (Å²) in [7, 11) is 0. The first kappa shape index (κ1) is 25.0. The number of aliphatic carboxylic acids is 1. The van der Waals surface area contributed by atoms with Crippen LogP contribution in [0.15, 0.2) is 30.3 Å². The van der Waals surface area contributed by atoms with Crippen LogP contribution < -0.4 is 16.4 Å². The monoisotopic (exact) mass is 468 g/mol. The summed E-state index contributed by atoms with van der Waals surface area (Å²) in [6.45, 7) is 0.303. The van der Waals surface area contributed by atoms with E-state index >= 15 is 0 Å². The zero-order chi connectivity index (χ0) is 23.0. The van der Waals surface area contributed by atoms with E-state index in [-0.39, 0.29) is 11.5 Å². The minimum Gasteiger partial charge on any atom is -0.480 e. The predicted octanol–water partition coefficient (Wildman–Crippen LogP) is -0.539. The number of amides is 3. The Balaban J connectivity index is 1.96. The topological polar surface area (TPSA) is 142 Å². The predicted molar refractivity (Wildman–Crippen MR) is 122 cm³/mol. The zero-order valence-electron chi connectivity index (χ0n) is 16.9. The lowest BCUT2D eigenvalue weighted by atomic mass is 10.1. The van der Waals surface area contributed by atoms with Gasteiger partial charge >= 0.3 is 5.97 Å². The van der Waals surface area contributed by atoms with Crippen LogP contribution >= 0.6 is 25.3 Å². The summed E-state index contributed by atoms with van der Waals surface area (Å²) < 4.78 is 0. The van der Waals surface area contributed by atoms with Crippen molar-refractivity contribution >= 4 is 48.9 Å². The van der Waals surface area contributed by atoms with Crippen LogP contribution in [0, 0.1) is 0 Å². The van der Waals surface area contributed by atoms with Gasteiger partial charge in [-0.1, -0.05) is 30.3 Å². The first-order valence-corrected chi connectivity index (χ1v) is 11.2. The Morgan fingerprint density at radius 2 is 1.68 bits per heavy atom. The van der Waals surface area contributed by atoms with Gasteiger partial charge in [-0.05, 0) is 24.8 Å². The van der Waals surface area contributed by atoms with Crippen molar-refractivity contribution in [1.82, 2.24) is 15.5 Å². The Morgan fingerprint density at radius 3 is 2.26 bits per heavy atom. The van der Waals surface area contributed by atoms with Gasteiger partial charge in [0.2, 0.25) is 17.7 Å². The van der Waals surface area contributed by atoms with Crippen molar-refractivity contribution in [2.24, 2.45) is 5.73 Å². The van der Waals surface area contributed by atoms with Crippen molar-refractivity contribution in [3.8, 4) is 0 Å². The molecule has 1 aliphatic heterocycles. The van der Waals surface area contributed by atoms with Crippen LogP contribution in [-0.4, -0.2) is 75.9 Å². The summed E-state index contributed by atoms with van der Waals surface area (Å²) >= 11 is 8.24. The fourth-order valence-electron chi connectivity index (χ4n) is 3.38. The summed E-state index contributed by atoms with van der Waals surface area (Å²) in [4.78, 5) is 50.4. The molecule has 1 aromatic carbocycles. The maximum atomic E-state index is 12.7. The quantitative estimate of drug-likeness (QED) is 0.255. The molecular formula is C20H28N4O5S2. The van der Waals surface area contributed by atoms with Gasteiger partial charge in [0, 0.05) is 18.1 Å². The number of benzene rings is 1. The summed E-state index contributed by atoms with van der Waals surface area (Å²) in [6, 6.07) is 5.43. The molecule has 0 bridgehead atoms. The number of likely N-dealkylation sites (tertiary alicyclic amines) is 1. The Kier molecular flexibility index (Phi) is 9.66. The SMILES string of the molecule is NC(Cc1ccccc1)C(=O)NC(CS)C(=O)NC(CS)C(=O)N1CCCC1C(=O)O. The smallest absolute Gasteiger partial charge is 0.326 e. The van der Waals surface area contributed by atoms with E-state index in [1.165, 1.54) is 4.90 Å². The standard InChI is InChI=1S/C20H28N4O5S2/c21-13(9-12-5-2-1-3-6-12)17(25)22-14(10-30)18(26)23-15(11-31)19(27)24-8-4-7-16(24)20(28)29/h1-3,5-6,13-16,30-31H,4,7-11,21H2,(H,22,25)(H,23,26)(H,28,29). The van der Waals surface area contributed by atoms with Crippen LogP contribution in [0.25, 0.3) is 0 Å². The molecule has 4 unspecified atom stereocenters. The van der Waals surface area contributed by atoms with Crippen molar-refractivity contribution in [3.05, 3.63) is 35.9 Å². The van der Waals surface area contributed by atoms with E-state index in [0.717, 1.165) is 5.56 Å². The number of nitrogens with zero attached hydrogens (tertiary/aromatic N) is 1. The third-order valence-electron chi connectivity index (χ3n) is 5.07. The van der Waals surface area contributed by atoms with E-state index in [1.54, 1.807) is 0 Å². The highest BCUT2D eigenvalue weighted by molar-refractivity contribution is 7.80. The maximum Gasteiger partial charge on any atom is 0.326 e. The van der Waals surface area contributed by atoms with Crippen molar-refractivity contribution in [2.45, 2.75) is 43.4 Å². The second-order valence-electron chi connectivity index (χ2n) is 7.31. The second-order valence-corrected chi connectivity index (χ2v) is 8.04. The van der Waals surface area contributed by atoms with Gasteiger partial charge < -0.3 is 26.4 Å². The van der Waals surface area contributed by atoms with Gasteiger partial charge in [0.15, 0.2) is 0 Å². The molecule has 1 fully saturated rings. The normalized spacial score (nSPS) is 18.7. The van der Waals surface area contributed by atoms with Crippen molar-refractivity contribution < 1.29 is 24.3 Å². The van der Waals surface area contributed by atoms with Gasteiger partial charge in [0.05, 0.1) is 6.04 Å². The van der Waals surface area contributed by atoms with Crippen LogP contribution in [0.4, 0.5) is 0 Å². The van der Waals surface area contributed by atoms with E-state index in [2.05, 4.69) is 35.9 Å². The van der Waals surface area contributed by atoms with Crippen LogP contribution in [0.3, 0.4) is 0 Å². The summed E-state index contributed by atoms with van der Waals surface area (Å²) in [5.41, 5.74) is 6.84. The molecule has 5 N–H and O–H groups in total. The number of nitrogens with two attached hydrogens (primary N) is 1. The molecule has 0 radical (unpaired) electrons. The minimum absolute atomic E-state index is 0.00935. The molecule has 0 saturated carbocycles. The first-order chi connectivity index (χ1) is 14.8. The number of hydrogen-bond donors (Lipinski definition) is 6. The fourth-order valence-corrected chi connectivity index (χ4v) is 3.88. The van der Waals surface area contributed by atoms with E-state index < -0.39 is 47.9 Å². The van der Waals surface area contributed by atoms with Crippen molar-refractivity contribution in [3.63, 3.8) is 0 Å². The van der Waals surface area contributed by atoms with Crippen LogP contribution in [0.1, 0.15) is 18.4 Å². The van der Waals surface area contributed by atoms with Crippen molar-refractivity contribution in [2.75, 3.05) is 18.1 Å². The highest BCUT2D eigenvalue weighted by Crippen LogP contribution is 2.18. The highest BCUT2D eigenvalue weighted by Gasteiger charge is 2.37. The van der Waals surface area contributed by atoms with Crippen molar-refractivity contribution in [1.29, 1.82) is 0 Å². The van der Waals surface area contributed by atoms with Crippen LogP contribution in [-0.2, 0) is 25.6 Å². The largest absolute Gasteiger partial charge is 0.480 e. The molecule has 170 valence electrons. The number of carboxylic acid groups (broad SMARTS) is 1. The molecule has 3 amide bonds. The molecule has 0 aliphatic carbocycles. The number of carboxylic acids is 1. The minimum atomic E-state index is -1.08. The van der Waals surface area contributed by atoms with Crippen LogP contribution in [0.2, 0.25) is 0 Å². The molecule has 9 nitrogen and oxygen atoms in total. The highest BCUT2D eigenvalue weighted by atomic mass is 32.1. The molecule has 31 heavy (non-hydrogen) atoms. The average molecular weight is 469 g/mol. The first-order valence-electron chi connectivity index (χ1n) is 9.93. The number of thiol groups is 2. The molecule has 1 aromatic rings. The number of nitrogens with one attached hydrogen (secondary N) is 2. The second kappa shape index (κ2) is 12.0. The molecule has 0 spiro atoms. The van der Waals surface area contributed by atoms with Gasteiger partial charge in [0.25, 0.3) is 0 Å². The van der Waals surface area contributed by atoms with E-state index in [1.807, 2.05) is 30.3 Å². The molecule has 1 saturated heterocycles. The summed E-state index contributed by atoms with van der Waals surface area (Å²) in [5, 5.41) is 14.4. The van der Waals surface area contributed by atoms with E-state index in [9.17, 15) is 24.3 Å². The lowest BCUT2D eigenvalue weighted by Crippen LogP contribution is -2.58. The Hall–Kier alpha value is -2.24. The fraction of sp³-hybridized carbons (Fsp3) is 0.500. The third kappa shape index (κ3) is 6.88. The molecule has 1 heterocycles. The number of carbonyl (C=O) groups excluding carboxylic acids is 3.